The molecule has 0 aliphatic rings. The van der Waals surface area contributed by atoms with Crippen LogP contribution < -0.4 is 11.2 Å². The van der Waals surface area contributed by atoms with Gasteiger partial charge in [0.1, 0.15) is 6.33 Å². The van der Waals surface area contributed by atoms with Crippen molar-refractivity contribution in [3.05, 3.63) is 27.2 Å². The second kappa shape index (κ2) is 3.94. The van der Waals surface area contributed by atoms with Gasteiger partial charge in [-0.1, -0.05) is 20.8 Å². The number of carbonyl (C=O) groups is 1. The van der Waals surface area contributed by atoms with E-state index in [0.717, 1.165) is 0 Å². The summed E-state index contributed by atoms with van der Waals surface area (Å²) in [4.78, 5) is 43.4. The first kappa shape index (κ1) is 12.3. The molecule has 2 N–H and O–H groups in total. The van der Waals surface area contributed by atoms with Crippen molar-refractivity contribution < 1.29 is 4.79 Å². The third kappa shape index (κ3) is 1.77. The monoisotopic (exact) mass is 250 g/mol. The highest BCUT2D eigenvalue weighted by Crippen LogP contribution is 2.23. The summed E-state index contributed by atoms with van der Waals surface area (Å²) < 4.78 is 1.19. The zero-order valence-corrected chi connectivity index (χ0v) is 10.4. The van der Waals surface area contributed by atoms with E-state index < -0.39 is 16.7 Å². The quantitative estimate of drug-likeness (QED) is 0.809. The highest BCUT2D eigenvalue weighted by molar-refractivity contribution is 5.91. The molecule has 0 saturated carbocycles. The molecule has 0 saturated heterocycles. The average Bonchev–Trinajstić information content (AvgIpc) is 2.71. The molecule has 2 heterocycles. The minimum absolute atomic E-state index is 0.0705. The first-order valence-electron chi connectivity index (χ1n) is 5.61. The van der Waals surface area contributed by atoms with Crippen LogP contribution in [-0.4, -0.2) is 25.4 Å². The van der Waals surface area contributed by atoms with E-state index in [1.54, 1.807) is 13.8 Å². The molecule has 2 rings (SSSR count). The SMILES string of the molecule is CCC(C)(C)C(=O)n1cnc2[nH]c(=O)[nH]c(=O)c21. The molecule has 0 bridgehead atoms. The molecule has 2 aromatic rings. The van der Waals surface area contributed by atoms with Crippen LogP contribution in [-0.2, 0) is 0 Å². The van der Waals surface area contributed by atoms with E-state index >= 15 is 0 Å². The van der Waals surface area contributed by atoms with Crippen LogP contribution >= 0.6 is 0 Å². The molecule has 0 aliphatic carbocycles. The van der Waals surface area contributed by atoms with Gasteiger partial charge >= 0.3 is 5.69 Å². The van der Waals surface area contributed by atoms with Crippen LogP contribution in [0.4, 0.5) is 0 Å². The molecule has 0 aromatic carbocycles. The molecule has 7 heteroatoms. The van der Waals surface area contributed by atoms with E-state index in [0.29, 0.717) is 6.42 Å². The molecule has 0 atom stereocenters. The van der Waals surface area contributed by atoms with Crippen molar-refractivity contribution >= 4 is 17.1 Å². The van der Waals surface area contributed by atoms with Gasteiger partial charge in [0.25, 0.3) is 5.56 Å². The van der Waals surface area contributed by atoms with E-state index in [2.05, 4.69) is 15.0 Å². The molecule has 7 nitrogen and oxygen atoms in total. The molecule has 0 spiro atoms. The van der Waals surface area contributed by atoms with Crippen molar-refractivity contribution in [2.75, 3.05) is 0 Å². The Labute approximate surface area is 102 Å². The number of aromatic amines is 2. The normalized spacial score (nSPS) is 11.9. The summed E-state index contributed by atoms with van der Waals surface area (Å²) in [5, 5.41) is 0. The van der Waals surface area contributed by atoms with Gasteiger partial charge in [-0.25, -0.2) is 9.78 Å². The van der Waals surface area contributed by atoms with E-state index in [4.69, 9.17) is 0 Å². The summed E-state index contributed by atoms with van der Waals surface area (Å²) in [6.45, 7) is 5.48. The van der Waals surface area contributed by atoms with Gasteiger partial charge in [0.15, 0.2) is 11.2 Å². The molecule has 0 fully saturated rings. The lowest BCUT2D eigenvalue weighted by Crippen LogP contribution is -2.31. The smallest absolute Gasteiger partial charge is 0.290 e. The van der Waals surface area contributed by atoms with Crippen LogP contribution in [0.25, 0.3) is 11.2 Å². The molecular formula is C11H14N4O3. The minimum atomic E-state index is -0.639. The van der Waals surface area contributed by atoms with Crippen LogP contribution in [0.15, 0.2) is 15.9 Å². The Kier molecular flexibility index (Phi) is 2.68. The van der Waals surface area contributed by atoms with Gasteiger partial charge in [-0.2, -0.15) is 0 Å². The van der Waals surface area contributed by atoms with Crippen LogP contribution in [0.5, 0.6) is 0 Å². The summed E-state index contributed by atoms with van der Waals surface area (Å²) in [6, 6.07) is 0. The van der Waals surface area contributed by atoms with Gasteiger partial charge in [0, 0.05) is 5.41 Å². The van der Waals surface area contributed by atoms with Gasteiger partial charge in [-0.3, -0.25) is 24.1 Å². The third-order valence-corrected chi connectivity index (χ3v) is 3.12. The van der Waals surface area contributed by atoms with Gasteiger partial charge in [-0.15, -0.1) is 0 Å². The molecule has 18 heavy (non-hydrogen) atoms. The van der Waals surface area contributed by atoms with Crippen LogP contribution in [0.1, 0.15) is 32.0 Å². The first-order valence-corrected chi connectivity index (χ1v) is 5.61. The Morgan fingerprint density at radius 1 is 1.39 bits per heavy atom. The second-order valence-corrected chi connectivity index (χ2v) is 4.76. The van der Waals surface area contributed by atoms with Crippen molar-refractivity contribution in [2.24, 2.45) is 5.41 Å². The number of fused-ring (bicyclic) bond motifs is 1. The maximum atomic E-state index is 12.3. The van der Waals surface area contributed by atoms with Crippen molar-refractivity contribution in [3.63, 3.8) is 0 Å². The Morgan fingerprint density at radius 2 is 2.06 bits per heavy atom. The molecule has 2 aromatic heterocycles. The number of nitrogens with zero attached hydrogens (tertiary/aromatic N) is 2. The minimum Gasteiger partial charge on any atom is -0.290 e. The molecule has 0 amide bonds. The molecule has 0 aliphatic heterocycles. The zero-order valence-electron chi connectivity index (χ0n) is 10.4. The summed E-state index contributed by atoms with van der Waals surface area (Å²) >= 11 is 0. The number of hydrogen-bond donors (Lipinski definition) is 2. The topological polar surface area (TPSA) is 101 Å². The fourth-order valence-electron chi connectivity index (χ4n) is 1.59. The molecular weight excluding hydrogens is 236 g/mol. The van der Waals surface area contributed by atoms with Crippen molar-refractivity contribution in [3.8, 4) is 0 Å². The van der Waals surface area contributed by atoms with Crippen LogP contribution in [0.3, 0.4) is 0 Å². The number of aromatic nitrogens is 4. The predicted octanol–water partition coefficient (Wildman–Crippen LogP) is 0.489. The van der Waals surface area contributed by atoms with Crippen molar-refractivity contribution in [2.45, 2.75) is 27.2 Å². The van der Waals surface area contributed by atoms with Crippen LogP contribution in [0.2, 0.25) is 0 Å². The van der Waals surface area contributed by atoms with Gasteiger partial charge in [0.05, 0.1) is 0 Å². The number of hydrogen-bond acceptors (Lipinski definition) is 4. The van der Waals surface area contributed by atoms with Crippen molar-refractivity contribution in [1.29, 1.82) is 0 Å². The van der Waals surface area contributed by atoms with Crippen molar-refractivity contribution in [1.82, 2.24) is 19.5 Å². The van der Waals surface area contributed by atoms with Crippen LogP contribution in [0, 0.1) is 5.41 Å². The summed E-state index contributed by atoms with van der Waals surface area (Å²) in [5.41, 5.74) is -1.67. The molecule has 0 unspecified atom stereocenters. The number of nitrogens with one attached hydrogen (secondary N) is 2. The highest BCUT2D eigenvalue weighted by Gasteiger charge is 2.28. The summed E-state index contributed by atoms with van der Waals surface area (Å²) in [7, 11) is 0. The summed E-state index contributed by atoms with van der Waals surface area (Å²) in [6.07, 6.45) is 1.89. The molecule has 96 valence electrons. The lowest BCUT2D eigenvalue weighted by Gasteiger charge is -2.20. The van der Waals surface area contributed by atoms with E-state index in [1.807, 2.05) is 6.92 Å². The third-order valence-electron chi connectivity index (χ3n) is 3.12. The Hall–Kier alpha value is -2.18. The van der Waals surface area contributed by atoms with E-state index in [1.165, 1.54) is 10.9 Å². The number of carbonyl (C=O) groups excluding carboxylic acids is 1. The fourth-order valence-corrected chi connectivity index (χ4v) is 1.59. The Balaban J connectivity index is 2.71. The Morgan fingerprint density at radius 3 is 2.67 bits per heavy atom. The maximum absolute atomic E-state index is 12.3. The number of rotatable bonds is 2. The fraction of sp³-hybridized carbons (Fsp3) is 0.455. The number of H-pyrrole nitrogens is 2. The lowest BCUT2D eigenvalue weighted by atomic mass is 9.89. The van der Waals surface area contributed by atoms with E-state index in [-0.39, 0.29) is 17.1 Å². The Bertz CT molecular complexity index is 720. The van der Waals surface area contributed by atoms with Gasteiger partial charge in [-0.05, 0) is 6.42 Å². The standard InChI is InChI=1S/C11H14N4O3/c1-4-11(2,3)9(17)15-5-12-7-6(15)8(16)14-10(18)13-7/h5H,4H2,1-3H3,(H2,13,14,16,18). The first-order chi connectivity index (χ1) is 8.36. The average molecular weight is 250 g/mol. The largest absolute Gasteiger partial charge is 0.327 e. The maximum Gasteiger partial charge on any atom is 0.327 e. The van der Waals surface area contributed by atoms with Gasteiger partial charge < -0.3 is 0 Å². The summed E-state index contributed by atoms with van der Waals surface area (Å²) in [5.74, 6) is -0.231. The zero-order chi connectivity index (χ0) is 13.5. The van der Waals surface area contributed by atoms with Gasteiger partial charge in [0.2, 0.25) is 5.91 Å². The highest BCUT2D eigenvalue weighted by atomic mass is 16.2. The molecule has 0 radical (unpaired) electrons. The second-order valence-electron chi connectivity index (χ2n) is 4.76. The predicted molar refractivity (Wildman–Crippen MR) is 65.7 cm³/mol. The number of imidazole rings is 1. The lowest BCUT2D eigenvalue weighted by molar-refractivity contribution is 0.0744. The van der Waals surface area contributed by atoms with E-state index in [9.17, 15) is 14.4 Å².